The van der Waals surface area contributed by atoms with E-state index in [0.29, 0.717) is 11.4 Å². The highest BCUT2D eigenvalue weighted by Crippen LogP contribution is 2.46. The van der Waals surface area contributed by atoms with Crippen LogP contribution in [0.5, 0.6) is 0 Å². The van der Waals surface area contributed by atoms with Crippen molar-refractivity contribution >= 4 is 45.3 Å². The van der Waals surface area contributed by atoms with Crippen LogP contribution < -0.4 is 4.90 Å². The maximum Gasteiger partial charge on any atom is 0.333 e. The van der Waals surface area contributed by atoms with Gasteiger partial charge in [-0.3, -0.25) is 9.69 Å². The fourth-order valence-electron chi connectivity index (χ4n) is 2.99. The van der Waals surface area contributed by atoms with Crippen molar-refractivity contribution in [2.45, 2.75) is 11.4 Å². The summed E-state index contributed by atoms with van der Waals surface area (Å²) in [6.07, 6.45) is 0. The van der Waals surface area contributed by atoms with Gasteiger partial charge < -0.3 is 0 Å². The Morgan fingerprint density at radius 1 is 1.00 bits per heavy atom. The fraction of sp³-hybridized carbons (Fsp3) is 0.176. The SMILES string of the molecule is O=C1C2CSC(c3ccc(Br)cc3)N2C(=O)N1c1ccccc1. The summed E-state index contributed by atoms with van der Waals surface area (Å²) >= 11 is 5.06. The molecule has 23 heavy (non-hydrogen) atoms. The van der Waals surface area contributed by atoms with Gasteiger partial charge in [0, 0.05) is 10.2 Å². The molecule has 0 aromatic heterocycles. The number of rotatable bonds is 2. The maximum absolute atomic E-state index is 12.9. The molecule has 2 unspecified atom stereocenters. The van der Waals surface area contributed by atoms with Crippen LogP contribution in [0.4, 0.5) is 10.5 Å². The zero-order valence-corrected chi connectivity index (χ0v) is 14.5. The molecule has 2 fully saturated rings. The molecule has 2 atom stereocenters. The second-order valence-corrected chi connectivity index (χ2v) is 7.48. The first-order chi connectivity index (χ1) is 11.2. The Hall–Kier alpha value is -1.79. The molecule has 0 N–H and O–H groups in total. The first kappa shape index (κ1) is 14.8. The Balaban J connectivity index is 1.68. The predicted molar refractivity (Wildman–Crippen MR) is 94.3 cm³/mol. The molecule has 0 aliphatic carbocycles. The van der Waals surface area contributed by atoms with E-state index in [1.54, 1.807) is 28.8 Å². The van der Waals surface area contributed by atoms with Crippen LogP contribution in [0.3, 0.4) is 0 Å². The largest absolute Gasteiger partial charge is 0.333 e. The molecule has 0 saturated carbocycles. The molecule has 2 aliphatic heterocycles. The fourth-order valence-corrected chi connectivity index (χ4v) is 4.67. The normalized spacial score (nSPS) is 23.5. The summed E-state index contributed by atoms with van der Waals surface area (Å²) in [5.41, 5.74) is 1.67. The quantitative estimate of drug-likeness (QED) is 0.729. The van der Waals surface area contributed by atoms with E-state index >= 15 is 0 Å². The van der Waals surface area contributed by atoms with E-state index in [-0.39, 0.29) is 23.4 Å². The van der Waals surface area contributed by atoms with Crippen molar-refractivity contribution in [1.29, 1.82) is 0 Å². The smallest absolute Gasteiger partial charge is 0.295 e. The Kier molecular flexibility index (Phi) is 3.66. The zero-order chi connectivity index (χ0) is 16.0. The Bertz CT molecular complexity index is 766. The van der Waals surface area contributed by atoms with Gasteiger partial charge in [-0.1, -0.05) is 46.3 Å². The second-order valence-electron chi connectivity index (χ2n) is 5.45. The predicted octanol–water partition coefficient (Wildman–Crippen LogP) is 4.03. The molecule has 2 heterocycles. The molecule has 6 heteroatoms. The lowest BCUT2D eigenvalue weighted by Crippen LogP contribution is -2.33. The van der Waals surface area contributed by atoms with Crippen molar-refractivity contribution in [3.63, 3.8) is 0 Å². The van der Waals surface area contributed by atoms with Crippen LogP contribution >= 0.6 is 27.7 Å². The molecule has 2 aromatic carbocycles. The number of imide groups is 1. The Labute approximate surface area is 146 Å². The second kappa shape index (κ2) is 5.69. The van der Waals surface area contributed by atoms with Crippen LogP contribution in [0, 0.1) is 0 Å². The van der Waals surface area contributed by atoms with Gasteiger partial charge in [0.2, 0.25) is 0 Å². The first-order valence-corrected chi connectivity index (χ1v) is 9.09. The number of para-hydroxylation sites is 1. The first-order valence-electron chi connectivity index (χ1n) is 7.25. The minimum Gasteiger partial charge on any atom is -0.295 e. The molecule has 3 amide bonds. The van der Waals surface area contributed by atoms with Crippen LogP contribution in [0.25, 0.3) is 0 Å². The van der Waals surface area contributed by atoms with Crippen molar-refractivity contribution < 1.29 is 9.59 Å². The number of halogens is 1. The number of nitrogens with zero attached hydrogens (tertiary/aromatic N) is 2. The highest BCUT2D eigenvalue weighted by Gasteiger charge is 2.53. The van der Waals surface area contributed by atoms with Gasteiger partial charge in [-0.15, -0.1) is 11.8 Å². The number of fused-ring (bicyclic) bond motifs is 1. The van der Waals surface area contributed by atoms with E-state index in [2.05, 4.69) is 15.9 Å². The lowest BCUT2D eigenvalue weighted by molar-refractivity contribution is -0.119. The molecule has 0 spiro atoms. The summed E-state index contributed by atoms with van der Waals surface area (Å²) in [5.74, 6) is 0.502. The molecular formula is C17H13BrN2O2S. The molecular weight excluding hydrogens is 376 g/mol. The number of urea groups is 1. The maximum atomic E-state index is 12.9. The van der Waals surface area contributed by atoms with Crippen LogP contribution in [-0.4, -0.2) is 28.6 Å². The van der Waals surface area contributed by atoms with Crippen LogP contribution in [0.15, 0.2) is 59.1 Å². The molecule has 2 aliphatic rings. The summed E-state index contributed by atoms with van der Waals surface area (Å²) in [7, 11) is 0. The van der Waals surface area contributed by atoms with Gasteiger partial charge in [-0.05, 0) is 29.8 Å². The van der Waals surface area contributed by atoms with Gasteiger partial charge in [-0.2, -0.15) is 0 Å². The molecule has 0 radical (unpaired) electrons. The standard InChI is InChI=1S/C17H13BrN2O2S/c18-12-8-6-11(7-9-12)16-20-14(10-23-16)15(21)19(17(20)22)13-4-2-1-3-5-13/h1-9,14,16H,10H2. The number of anilines is 1. The van der Waals surface area contributed by atoms with E-state index in [1.807, 2.05) is 42.5 Å². The topological polar surface area (TPSA) is 40.6 Å². The number of hydrogen-bond acceptors (Lipinski definition) is 3. The van der Waals surface area contributed by atoms with Gasteiger partial charge in [0.05, 0.1) is 5.69 Å². The van der Waals surface area contributed by atoms with Crippen molar-refractivity contribution in [2.75, 3.05) is 10.7 Å². The summed E-state index contributed by atoms with van der Waals surface area (Å²) in [4.78, 5) is 28.5. The number of carbonyl (C=O) groups excluding carboxylic acids is 2. The van der Waals surface area contributed by atoms with Gasteiger partial charge in [-0.25, -0.2) is 9.69 Å². The minimum atomic E-state index is -0.374. The average molecular weight is 389 g/mol. The molecule has 4 nitrogen and oxygen atoms in total. The molecule has 4 rings (SSSR count). The van der Waals surface area contributed by atoms with Crippen molar-refractivity contribution in [3.05, 3.63) is 64.6 Å². The third kappa shape index (κ3) is 2.37. The Morgan fingerprint density at radius 3 is 2.39 bits per heavy atom. The number of benzene rings is 2. The molecule has 2 aromatic rings. The summed E-state index contributed by atoms with van der Waals surface area (Å²) in [6, 6.07) is 16.4. The highest BCUT2D eigenvalue weighted by atomic mass is 79.9. The van der Waals surface area contributed by atoms with Crippen molar-refractivity contribution in [1.82, 2.24) is 4.90 Å². The van der Waals surface area contributed by atoms with Gasteiger partial charge in [0.25, 0.3) is 5.91 Å². The van der Waals surface area contributed by atoms with Gasteiger partial charge >= 0.3 is 6.03 Å². The minimum absolute atomic E-state index is 0.113. The monoisotopic (exact) mass is 388 g/mol. The molecule has 0 bridgehead atoms. The van der Waals surface area contributed by atoms with E-state index < -0.39 is 0 Å². The van der Waals surface area contributed by atoms with E-state index in [9.17, 15) is 9.59 Å². The number of amides is 3. The van der Waals surface area contributed by atoms with Crippen LogP contribution in [-0.2, 0) is 4.79 Å². The molecule has 2 saturated heterocycles. The molecule has 116 valence electrons. The van der Waals surface area contributed by atoms with Crippen LogP contribution in [0.2, 0.25) is 0 Å². The van der Waals surface area contributed by atoms with Crippen LogP contribution in [0.1, 0.15) is 10.9 Å². The third-order valence-corrected chi connectivity index (χ3v) is 5.94. The summed E-state index contributed by atoms with van der Waals surface area (Å²) in [5, 5.41) is -0.113. The number of carbonyl (C=O) groups is 2. The highest BCUT2D eigenvalue weighted by molar-refractivity contribution is 9.10. The number of hydrogen-bond donors (Lipinski definition) is 0. The lowest BCUT2D eigenvalue weighted by Gasteiger charge is -2.23. The van der Waals surface area contributed by atoms with E-state index in [0.717, 1.165) is 10.0 Å². The summed E-state index contributed by atoms with van der Waals surface area (Å²) < 4.78 is 0.996. The van der Waals surface area contributed by atoms with Crippen molar-refractivity contribution in [2.24, 2.45) is 0 Å². The average Bonchev–Trinajstić information content (AvgIpc) is 3.10. The third-order valence-electron chi connectivity index (χ3n) is 4.09. The van der Waals surface area contributed by atoms with Gasteiger partial charge in [0.15, 0.2) is 0 Å². The van der Waals surface area contributed by atoms with E-state index in [1.165, 1.54) is 4.90 Å². The van der Waals surface area contributed by atoms with Crippen molar-refractivity contribution in [3.8, 4) is 0 Å². The summed E-state index contributed by atoms with van der Waals surface area (Å²) in [6.45, 7) is 0. The number of thioether (sulfide) groups is 1. The Morgan fingerprint density at radius 2 is 1.70 bits per heavy atom. The van der Waals surface area contributed by atoms with E-state index in [4.69, 9.17) is 0 Å². The lowest BCUT2D eigenvalue weighted by atomic mass is 10.2. The zero-order valence-electron chi connectivity index (χ0n) is 12.1. The van der Waals surface area contributed by atoms with Gasteiger partial charge in [0.1, 0.15) is 11.4 Å².